The van der Waals surface area contributed by atoms with Gasteiger partial charge in [0.1, 0.15) is 6.54 Å². The lowest BCUT2D eigenvalue weighted by Crippen LogP contribution is -2.48. The van der Waals surface area contributed by atoms with Gasteiger partial charge in [-0.2, -0.15) is 0 Å². The lowest BCUT2D eigenvalue weighted by molar-refractivity contribution is -0.125. The zero-order valence-corrected chi connectivity index (χ0v) is 12.8. The van der Waals surface area contributed by atoms with Crippen LogP contribution in [0.4, 0.5) is 11.4 Å². The number of para-hydroxylation sites is 2. The summed E-state index contributed by atoms with van der Waals surface area (Å²) in [6.07, 6.45) is 0.232. The number of carbonyl (C=O) groups excluding carboxylic acids is 3. The molecular formula is C16H20N4O3. The number of benzene rings is 1. The van der Waals surface area contributed by atoms with Crippen molar-refractivity contribution in [2.24, 2.45) is 5.92 Å². The van der Waals surface area contributed by atoms with E-state index < -0.39 is 0 Å². The van der Waals surface area contributed by atoms with E-state index in [4.69, 9.17) is 0 Å². The molecule has 3 rings (SSSR count). The largest absolute Gasteiger partial charge is 0.356 e. The molecule has 3 N–H and O–H groups in total. The van der Waals surface area contributed by atoms with Gasteiger partial charge in [-0.05, 0) is 12.1 Å². The second kappa shape index (κ2) is 6.78. The fraction of sp³-hybridized carbons (Fsp3) is 0.438. The number of anilines is 2. The summed E-state index contributed by atoms with van der Waals surface area (Å²) < 4.78 is 0. The Labute approximate surface area is 134 Å². The lowest BCUT2D eigenvalue weighted by Gasteiger charge is -2.29. The minimum Gasteiger partial charge on any atom is -0.356 e. The van der Waals surface area contributed by atoms with E-state index in [2.05, 4.69) is 16.0 Å². The molecule has 0 bridgehead atoms. The summed E-state index contributed by atoms with van der Waals surface area (Å²) in [6.45, 7) is 2.50. The van der Waals surface area contributed by atoms with Crippen LogP contribution < -0.4 is 20.9 Å². The third-order valence-electron chi connectivity index (χ3n) is 4.09. The van der Waals surface area contributed by atoms with E-state index in [9.17, 15) is 14.4 Å². The van der Waals surface area contributed by atoms with Crippen LogP contribution in [0.25, 0.3) is 0 Å². The van der Waals surface area contributed by atoms with Crippen molar-refractivity contribution < 1.29 is 14.4 Å². The number of hydrogen-bond donors (Lipinski definition) is 3. The van der Waals surface area contributed by atoms with E-state index in [0.29, 0.717) is 23.8 Å². The molecule has 0 spiro atoms. The predicted octanol–water partition coefficient (Wildman–Crippen LogP) is 0.0875. The van der Waals surface area contributed by atoms with Crippen molar-refractivity contribution in [3.63, 3.8) is 0 Å². The normalized spacial score (nSPS) is 17.0. The summed E-state index contributed by atoms with van der Waals surface area (Å²) >= 11 is 0. The molecule has 2 heterocycles. The maximum atomic E-state index is 12.4. The van der Waals surface area contributed by atoms with Gasteiger partial charge in [0.05, 0.1) is 11.4 Å². The van der Waals surface area contributed by atoms with Crippen LogP contribution in [0.3, 0.4) is 0 Å². The van der Waals surface area contributed by atoms with Crippen molar-refractivity contribution in [1.29, 1.82) is 0 Å². The maximum absolute atomic E-state index is 12.4. The smallest absolute Gasteiger partial charge is 0.244 e. The van der Waals surface area contributed by atoms with Crippen LogP contribution >= 0.6 is 0 Å². The quantitative estimate of drug-likeness (QED) is 0.718. The van der Waals surface area contributed by atoms with Gasteiger partial charge < -0.3 is 20.9 Å². The van der Waals surface area contributed by atoms with Gasteiger partial charge in [-0.15, -0.1) is 0 Å². The Hall–Kier alpha value is -2.41. The van der Waals surface area contributed by atoms with Crippen LogP contribution in [-0.2, 0) is 14.4 Å². The lowest BCUT2D eigenvalue weighted by atomic mass is 10.0. The molecule has 0 aliphatic carbocycles. The van der Waals surface area contributed by atoms with Crippen molar-refractivity contribution in [3.8, 4) is 0 Å². The molecule has 7 nitrogen and oxygen atoms in total. The highest BCUT2D eigenvalue weighted by molar-refractivity contribution is 6.10. The van der Waals surface area contributed by atoms with Crippen LogP contribution in [0.1, 0.15) is 12.8 Å². The average molecular weight is 316 g/mol. The van der Waals surface area contributed by atoms with E-state index in [-0.39, 0.29) is 37.1 Å². The van der Waals surface area contributed by atoms with Crippen LogP contribution in [0.2, 0.25) is 0 Å². The summed E-state index contributed by atoms with van der Waals surface area (Å²) in [6, 6.07) is 7.16. The molecule has 1 saturated heterocycles. The maximum Gasteiger partial charge on any atom is 0.244 e. The molecule has 0 aromatic heterocycles. The zero-order valence-electron chi connectivity index (χ0n) is 12.8. The van der Waals surface area contributed by atoms with Gasteiger partial charge in [0, 0.05) is 38.4 Å². The molecule has 1 fully saturated rings. The first-order valence-electron chi connectivity index (χ1n) is 7.80. The highest BCUT2D eigenvalue weighted by Gasteiger charge is 2.26. The monoisotopic (exact) mass is 316 g/mol. The molecule has 7 heteroatoms. The van der Waals surface area contributed by atoms with Crippen LogP contribution in [-0.4, -0.2) is 43.9 Å². The fourth-order valence-corrected chi connectivity index (χ4v) is 2.65. The first-order valence-corrected chi connectivity index (χ1v) is 7.80. The SMILES string of the molecule is O=C(CCC(=O)N1CC(=O)Nc2ccccc21)NCC1CNC1. The topological polar surface area (TPSA) is 90.5 Å². The standard InChI is InChI=1S/C16H20N4O3/c21-14(18-9-11-7-17-8-11)5-6-16(23)20-10-15(22)19-12-3-1-2-4-13(12)20/h1-4,11,17H,5-10H2,(H,18,21)(H,19,22). The van der Waals surface area contributed by atoms with Crippen molar-refractivity contribution >= 4 is 29.1 Å². The summed E-state index contributed by atoms with van der Waals surface area (Å²) in [5.41, 5.74) is 1.30. The Morgan fingerprint density at radius 3 is 2.74 bits per heavy atom. The second-order valence-electron chi connectivity index (χ2n) is 5.87. The molecule has 3 amide bonds. The number of nitrogens with zero attached hydrogens (tertiary/aromatic N) is 1. The van der Waals surface area contributed by atoms with Gasteiger partial charge in [0.2, 0.25) is 17.7 Å². The highest BCUT2D eigenvalue weighted by atomic mass is 16.2. The predicted molar refractivity (Wildman–Crippen MR) is 86.0 cm³/mol. The minimum absolute atomic E-state index is 0.00872. The molecule has 122 valence electrons. The van der Waals surface area contributed by atoms with Gasteiger partial charge >= 0.3 is 0 Å². The summed E-state index contributed by atoms with van der Waals surface area (Å²) in [4.78, 5) is 37.3. The minimum atomic E-state index is -0.223. The number of nitrogens with one attached hydrogen (secondary N) is 3. The van der Waals surface area contributed by atoms with Gasteiger partial charge in [-0.3, -0.25) is 14.4 Å². The molecular weight excluding hydrogens is 296 g/mol. The number of fused-ring (bicyclic) bond motifs is 1. The van der Waals surface area contributed by atoms with Gasteiger partial charge in [0.25, 0.3) is 0 Å². The van der Waals surface area contributed by atoms with Crippen LogP contribution in [0, 0.1) is 5.92 Å². The van der Waals surface area contributed by atoms with Crippen molar-refractivity contribution in [3.05, 3.63) is 24.3 Å². The molecule has 1 aromatic carbocycles. The Morgan fingerprint density at radius 2 is 2.00 bits per heavy atom. The molecule has 0 atom stereocenters. The Kier molecular flexibility index (Phi) is 4.57. The molecule has 1 aromatic rings. The average Bonchev–Trinajstić information content (AvgIpc) is 2.50. The first-order chi connectivity index (χ1) is 11.1. The van der Waals surface area contributed by atoms with Crippen LogP contribution in [0.15, 0.2) is 24.3 Å². The van der Waals surface area contributed by atoms with Crippen LogP contribution in [0.5, 0.6) is 0 Å². The van der Waals surface area contributed by atoms with Crippen molar-refractivity contribution in [1.82, 2.24) is 10.6 Å². The summed E-state index contributed by atoms with van der Waals surface area (Å²) in [5, 5.41) is 8.72. The molecule has 0 unspecified atom stereocenters. The van der Waals surface area contributed by atoms with Crippen molar-refractivity contribution in [2.75, 3.05) is 36.4 Å². The Bertz CT molecular complexity index is 628. The van der Waals surface area contributed by atoms with E-state index in [0.717, 1.165) is 13.1 Å². The van der Waals surface area contributed by atoms with E-state index >= 15 is 0 Å². The fourth-order valence-electron chi connectivity index (χ4n) is 2.65. The molecule has 0 saturated carbocycles. The molecule has 2 aliphatic rings. The van der Waals surface area contributed by atoms with Gasteiger partial charge in [0.15, 0.2) is 0 Å². The summed E-state index contributed by atoms with van der Waals surface area (Å²) in [5.74, 6) is -0.0703. The second-order valence-corrected chi connectivity index (χ2v) is 5.87. The summed E-state index contributed by atoms with van der Waals surface area (Å²) in [7, 11) is 0. The number of rotatable bonds is 5. The Balaban J connectivity index is 1.53. The molecule has 2 aliphatic heterocycles. The number of amides is 3. The van der Waals surface area contributed by atoms with Gasteiger partial charge in [-0.1, -0.05) is 12.1 Å². The molecule has 0 radical (unpaired) electrons. The van der Waals surface area contributed by atoms with E-state index in [1.165, 1.54) is 4.90 Å². The third kappa shape index (κ3) is 3.68. The Morgan fingerprint density at radius 1 is 1.22 bits per heavy atom. The zero-order chi connectivity index (χ0) is 16.2. The van der Waals surface area contributed by atoms with Gasteiger partial charge in [-0.25, -0.2) is 0 Å². The first kappa shape index (κ1) is 15.5. The van der Waals surface area contributed by atoms with E-state index in [1.54, 1.807) is 18.2 Å². The number of hydrogen-bond acceptors (Lipinski definition) is 4. The van der Waals surface area contributed by atoms with Crippen molar-refractivity contribution in [2.45, 2.75) is 12.8 Å². The molecule has 23 heavy (non-hydrogen) atoms. The third-order valence-corrected chi connectivity index (χ3v) is 4.09. The highest BCUT2D eigenvalue weighted by Crippen LogP contribution is 2.29. The number of carbonyl (C=O) groups is 3. The van der Waals surface area contributed by atoms with E-state index in [1.807, 2.05) is 6.07 Å².